The Morgan fingerprint density at radius 3 is 2.45 bits per heavy atom. The third kappa shape index (κ3) is 8.74. The summed E-state index contributed by atoms with van der Waals surface area (Å²) in [5, 5.41) is 13.7. The topological polar surface area (TPSA) is 112 Å². The summed E-state index contributed by atoms with van der Waals surface area (Å²) < 4.78 is 10.7. The van der Waals surface area contributed by atoms with Crippen LogP contribution in [0.5, 0.6) is 11.5 Å². The number of phenols is 1. The zero-order valence-corrected chi connectivity index (χ0v) is 27.5. The van der Waals surface area contributed by atoms with Crippen molar-refractivity contribution in [3.63, 3.8) is 0 Å². The molecule has 3 heterocycles. The van der Waals surface area contributed by atoms with Crippen LogP contribution in [0.3, 0.4) is 0 Å². The molecule has 2 saturated heterocycles. The number of carbonyl (C=O) groups excluding carboxylic acids is 2. The summed E-state index contributed by atoms with van der Waals surface area (Å²) in [4.78, 5) is 41.8. The number of anilines is 1. The number of aromatic hydroxyl groups is 1. The molecule has 246 valence electrons. The van der Waals surface area contributed by atoms with Crippen molar-refractivity contribution in [3.05, 3.63) is 111 Å². The van der Waals surface area contributed by atoms with Crippen LogP contribution in [-0.2, 0) is 11.3 Å². The zero-order chi connectivity index (χ0) is 33.3. The number of likely N-dealkylation sites (tertiary alicyclic amines) is 1. The Balaban J connectivity index is 0.000000474. The molecule has 1 aromatic heterocycles. The van der Waals surface area contributed by atoms with Crippen molar-refractivity contribution in [2.75, 3.05) is 38.2 Å². The van der Waals surface area contributed by atoms with Gasteiger partial charge in [-0.15, -0.1) is 0 Å². The maximum atomic E-state index is 12.7. The number of benzene rings is 3. The molecule has 6 rings (SSSR count). The van der Waals surface area contributed by atoms with Gasteiger partial charge in [-0.1, -0.05) is 59.1 Å². The summed E-state index contributed by atoms with van der Waals surface area (Å²) >= 11 is 5.61. The van der Waals surface area contributed by atoms with Crippen LogP contribution in [-0.4, -0.2) is 55.1 Å². The number of hydrogen-bond donors (Lipinski definition) is 2. The number of methoxy groups -OCH3 is 1. The van der Waals surface area contributed by atoms with E-state index in [9.17, 15) is 19.5 Å². The van der Waals surface area contributed by atoms with Crippen LogP contribution in [0.15, 0.2) is 87.6 Å². The summed E-state index contributed by atoms with van der Waals surface area (Å²) in [6, 6.07) is 19.9. The fraction of sp³-hybridized carbons (Fsp3) is 0.324. The van der Waals surface area contributed by atoms with Gasteiger partial charge in [-0.05, 0) is 62.4 Å². The number of carbonyl (C=O) groups is 2. The fourth-order valence-electron chi connectivity index (χ4n) is 5.78. The van der Waals surface area contributed by atoms with Crippen molar-refractivity contribution < 1.29 is 23.8 Å². The maximum absolute atomic E-state index is 12.7. The molecule has 2 aliphatic heterocycles. The van der Waals surface area contributed by atoms with E-state index in [0.717, 1.165) is 56.4 Å². The molecule has 0 bridgehead atoms. The molecule has 0 aliphatic carbocycles. The average molecular weight is 658 g/mol. The Morgan fingerprint density at radius 2 is 1.74 bits per heavy atom. The minimum Gasteiger partial charge on any atom is -0.504 e. The van der Waals surface area contributed by atoms with Crippen LogP contribution in [0, 0.1) is 6.92 Å². The second kappa shape index (κ2) is 15.7. The number of rotatable bonds is 7. The molecule has 2 fully saturated rings. The lowest BCUT2D eigenvalue weighted by molar-refractivity contribution is -0.133. The summed E-state index contributed by atoms with van der Waals surface area (Å²) in [5.74, 6) is -0.368. The molecule has 2 N–H and O–H groups in total. The van der Waals surface area contributed by atoms with E-state index in [0.29, 0.717) is 19.5 Å². The van der Waals surface area contributed by atoms with Gasteiger partial charge in [0.2, 0.25) is 5.91 Å². The number of halogens is 1. The van der Waals surface area contributed by atoms with Gasteiger partial charge in [0.25, 0.3) is 5.91 Å². The number of nitrogens with zero attached hydrogens (tertiary/aromatic N) is 2. The van der Waals surface area contributed by atoms with Gasteiger partial charge in [-0.25, -0.2) is 0 Å². The average Bonchev–Trinajstić information content (AvgIpc) is 3.08. The monoisotopic (exact) mass is 657 g/mol. The van der Waals surface area contributed by atoms with Crippen molar-refractivity contribution in [1.82, 2.24) is 10.2 Å². The van der Waals surface area contributed by atoms with Crippen LogP contribution in [0.25, 0.3) is 11.0 Å². The molecule has 10 heteroatoms. The van der Waals surface area contributed by atoms with Gasteiger partial charge in [0.1, 0.15) is 5.58 Å². The molecule has 2 aliphatic rings. The number of para-hydroxylation sites is 1. The molecule has 0 atom stereocenters. The van der Waals surface area contributed by atoms with E-state index in [1.54, 1.807) is 0 Å². The Kier molecular flexibility index (Phi) is 11.2. The predicted octanol–water partition coefficient (Wildman–Crippen LogP) is 6.62. The van der Waals surface area contributed by atoms with Crippen molar-refractivity contribution >= 4 is 40.1 Å². The lowest BCUT2D eigenvalue weighted by atomic mass is 10.0. The Morgan fingerprint density at radius 1 is 1.00 bits per heavy atom. The van der Waals surface area contributed by atoms with E-state index in [4.69, 9.17) is 20.8 Å². The summed E-state index contributed by atoms with van der Waals surface area (Å²) in [7, 11) is 1.39. The lowest BCUT2D eigenvalue weighted by Gasteiger charge is -2.34. The van der Waals surface area contributed by atoms with Gasteiger partial charge in [0.05, 0.1) is 12.5 Å². The first-order valence-corrected chi connectivity index (χ1v) is 16.2. The van der Waals surface area contributed by atoms with Crippen LogP contribution >= 0.6 is 11.6 Å². The van der Waals surface area contributed by atoms with Crippen molar-refractivity contribution in [1.29, 1.82) is 0 Å². The SMILES string of the molecule is COc1cc2oc(C(=O)NCC=C3CCN(c4ccccc4CN4CCCCC4=O)CC3)cc(=O)c2cc1O.Cc1ccc(Cl)cc1. The lowest BCUT2D eigenvalue weighted by Crippen LogP contribution is -2.36. The van der Waals surface area contributed by atoms with Crippen molar-refractivity contribution in [2.24, 2.45) is 0 Å². The third-order valence-corrected chi connectivity index (χ3v) is 8.69. The van der Waals surface area contributed by atoms with Crippen LogP contribution in [0.4, 0.5) is 5.69 Å². The zero-order valence-electron chi connectivity index (χ0n) is 26.8. The second-order valence-electron chi connectivity index (χ2n) is 11.8. The summed E-state index contributed by atoms with van der Waals surface area (Å²) in [6.07, 6.45) is 6.46. The van der Waals surface area contributed by atoms with E-state index >= 15 is 0 Å². The minimum absolute atomic E-state index is 0.0998. The smallest absolute Gasteiger partial charge is 0.287 e. The number of phenolic OH excluding ortho intramolecular Hbond substituents is 1. The Labute approximate surface area is 279 Å². The Hall–Kier alpha value is -4.76. The van der Waals surface area contributed by atoms with Gasteiger partial charge in [-0.3, -0.25) is 14.4 Å². The highest BCUT2D eigenvalue weighted by Crippen LogP contribution is 2.30. The number of hydrogen-bond acceptors (Lipinski definition) is 7. The van der Waals surface area contributed by atoms with Crippen LogP contribution in [0.2, 0.25) is 5.02 Å². The molecule has 3 aromatic carbocycles. The highest BCUT2D eigenvalue weighted by atomic mass is 35.5. The number of ether oxygens (including phenoxy) is 1. The molecule has 9 nitrogen and oxygen atoms in total. The van der Waals surface area contributed by atoms with E-state index in [1.807, 2.05) is 54.3 Å². The van der Waals surface area contributed by atoms with E-state index in [-0.39, 0.29) is 34.1 Å². The standard InChI is InChI=1S/C30H33N3O6.C7H7Cl/c1-38-27-18-26-22(16-25(27)35)24(34)17-28(39-26)30(37)31-12-9-20-10-14-32(15-11-20)23-7-3-2-6-21(23)19-33-13-5-4-8-29(33)36;1-6-2-4-7(8)5-3-6/h2-3,6-7,9,16-18,35H,4-5,8,10-15,19H2,1H3,(H,31,37);2-5H,1H3. The first kappa shape index (κ1) is 33.6. The molecule has 0 radical (unpaired) electrons. The quantitative estimate of drug-likeness (QED) is 0.215. The number of amides is 2. The van der Waals surface area contributed by atoms with E-state index in [2.05, 4.69) is 22.3 Å². The molecule has 4 aromatic rings. The highest BCUT2D eigenvalue weighted by Gasteiger charge is 2.22. The molecule has 47 heavy (non-hydrogen) atoms. The molecule has 0 unspecified atom stereocenters. The van der Waals surface area contributed by atoms with Gasteiger partial charge in [0, 0.05) is 62.0 Å². The molecule has 0 saturated carbocycles. The van der Waals surface area contributed by atoms with Gasteiger partial charge < -0.3 is 29.4 Å². The van der Waals surface area contributed by atoms with Gasteiger partial charge in [-0.2, -0.15) is 0 Å². The van der Waals surface area contributed by atoms with E-state index < -0.39 is 11.3 Å². The third-order valence-electron chi connectivity index (χ3n) is 8.44. The minimum atomic E-state index is -0.489. The first-order chi connectivity index (χ1) is 22.7. The van der Waals surface area contributed by atoms with Crippen LogP contribution < -0.4 is 20.4 Å². The summed E-state index contributed by atoms with van der Waals surface area (Å²) in [6.45, 7) is 5.56. The van der Waals surface area contributed by atoms with Gasteiger partial charge >= 0.3 is 0 Å². The Bertz CT molecular complexity index is 1790. The van der Waals surface area contributed by atoms with Crippen molar-refractivity contribution in [2.45, 2.75) is 45.6 Å². The predicted molar refractivity (Wildman–Crippen MR) is 184 cm³/mol. The van der Waals surface area contributed by atoms with Crippen molar-refractivity contribution in [3.8, 4) is 11.5 Å². The molecule has 2 amide bonds. The summed E-state index contributed by atoms with van der Waals surface area (Å²) in [5.41, 5.74) is 4.61. The highest BCUT2D eigenvalue weighted by molar-refractivity contribution is 6.30. The molecular formula is C37H40ClN3O6. The maximum Gasteiger partial charge on any atom is 0.287 e. The number of fused-ring (bicyclic) bond motifs is 1. The second-order valence-corrected chi connectivity index (χ2v) is 12.2. The van der Waals surface area contributed by atoms with Crippen LogP contribution in [0.1, 0.15) is 53.8 Å². The first-order valence-electron chi connectivity index (χ1n) is 15.9. The largest absolute Gasteiger partial charge is 0.504 e. The number of nitrogens with one attached hydrogen (secondary N) is 1. The molecule has 0 spiro atoms. The normalized spacial score (nSPS) is 14.8. The van der Waals surface area contributed by atoms with Gasteiger partial charge in [0.15, 0.2) is 22.7 Å². The molecular weight excluding hydrogens is 618 g/mol. The fourth-order valence-corrected chi connectivity index (χ4v) is 5.91. The van der Waals surface area contributed by atoms with E-state index in [1.165, 1.54) is 41.6 Å². The number of piperidine rings is 2. The number of aryl methyl sites for hydroxylation is 1.